The minimum absolute atomic E-state index is 0.0872. The van der Waals surface area contributed by atoms with Crippen LogP contribution in [0.4, 0.5) is 10.1 Å². The van der Waals surface area contributed by atoms with Crippen molar-refractivity contribution in [1.82, 2.24) is 0 Å². The molecule has 0 aliphatic carbocycles. The summed E-state index contributed by atoms with van der Waals surface area (Å²) in [6.45, 7) is 5.10. The Morgan fingerprint density at radius 2 is 2.27 bits per heavy atom. The molecule has 0 aromatic heterocycles. The number of nitrogens with zero attached hydrogens (tertiary/aromatic N) is 1. The van der Waals surface area contributed by atoms with Crippen LogP contribution < -0.4 is 5.32 Å². The number of hydrogen-bond acceptors (Lipinski definition) is 2. The molecule has 0 fully saturated rings. The van der Waals surface area contributed by atoms with Gasteiger partial charge in [0.2, 0.25) is 0 Å². The Morgan fingerprint density at radius 3 is 2.87 bits per heavy atom. The van der Waals surface area contributed by atoms with Crippen molar-refractivity contribution < 1.29 is 4.39 Å². The lowest BCUT2D eigenvalue weighted by molar-refractivity contribution is 0.593. The van der Waals surface area contributed by atoms with Crippen LogP contribution >= 0.6 is 0 Å². The second kappa shape index (κ2) is 5.35. The Morgan fingerprint density at radius 1 is 1.53 bits per heavy atom. The predicted octanol–water partition coefficient (Wildman–Crippen LogP) is 3.16. The standard InChI is InChI=1S/C12H15FN2/c1-3-9(2)8-15-11-4-5-12(13)10(6-11)7-14/h4-6,9,15H,3,8H2,1-2H3/t9-/m0/s1. The zero-order valence-electron chi connectivity index (χ0n) is 9.05. The molecule has 0 spiro atoms. The van der Waals surface area contributed by atoms with Gasteiger partial charge in [0.05, 0.1) is 5.56 Å². The largest absolute Gasteiger partial charge is 0.385 e. The van der Waals surface area contributed by atoms with Gasteiger partial charge in [0.15, 0.2) is 0 Å². The number of hydrogen-bond donors (Lipinski definition) is 1. The van der Waals surface area contributed by atoms with Gasteiger partial charge in [-0.3, -0.25) is 0 Å². The molecule has 0 aliphatic rings. The summed E-state index contributed by atoms with van der Waals surface area (Å²) in [7, 11) is 0. The normalized spacial score (nSPS) is 11.9. The summed E-state index contributed by atoms with van der Waals surface area (Å²) in [5.74, 6) is 0.104. The maximum Gasteiger partial charge on any atom is 0.141 e. The average Bonchev–Trinajstić information content (AvgIpc) is 2.27. The zero-order chi connectivity index (χ0) is 11.3. The molecular weight excluding hydrogens is 191 g/mol. The quantitative estimate of drug-likeness (QED) is 0.821. The molecular formula is C12H15FN2. The van der Waals surface area contributed by atoms with E-state index in [9.17, 15) is 4.39 Å². The van der Waals surface area contributed by atoms with E-state index in [0.717, 1.165) is 18.7 Å². The van der Waals surface area contributed by atoms with Crippen molar-refractivity contribution in [3.05, 3.63) is 29.6 Å². The van der Waals surface area contributed by atoms with E-state index in [-0.39, 0.29) is 5.56 Å². The lowest BCUT2D eigenvalue weighted by Crippen LogP contribution is -2.10. The van der Waals surface area contributed by atoms with Gasteiger partial charge in [-0.25, -0.2) is 4.39 Å². The van der Waals surface area contributed by atoms with Crippen molar-refractivity contribution in [2.45, 2.75) is 20.3 Å². The molecule has 0 radical (unpaired) electrons. The Bertz CT molecular complexity index is 368. The molecule has 0 saturated carbocycles. The molecule has 0 heterocycles. The highest BCUT2D eigenvalue weighted by atomic mass is 19.1. The second-order valence-electron chi connectivity index (χ2n) is 3.70. The van der Waals surface area contributed by atoms with Gasteiger partial charge in [0.25, 0.3) is 0 Å². The van der Waals surface area contributed by atoms with E-state index in [0.29, 0.717) is 5.92 Å². The van der Waals surface area contributed by atoms with Gasteiger partial charge in [0, 0.05) is 12.2 Å². The first-order valence-electron chi connectivity index (χ1n) is 5.11. The molecule has 15 heavy (non-hydrogen) atoms. The van der Waals surface area contributed by atoms with E-state index in [1.807, 2.05) is 6.07 Å². The number of rotatable bonds is 4. The van der Waals surface area contributed by atoms with E-state index in [2.05, 4.69) is 19.2 Å². The molecule has 0 aliphatic heterocycles. The molecule has 3 heteroatoms. The van der Waals surface area contributed by atoms with Crippen LogP contribution in [-0.2, 0) is 0 Å². The lowest BCUT2D eigenvalue weighted by Gasteiger charge is -2.11. The topological polar surface area (TPSA) is 35.8 Å². The maximum atomic E-state index is 13.0. The Labute approximate surface area is 89.7 Å². The van der Waals surface area contributed by atoms with Gasteiger partial charge >= 0.3 is 0 Å². The van der Waals surface area contributed by atoms with Crippen molar-refractivity contribution >= 4 is 5.69 Å². The molecule has 1 N–H and O–H groups in total. The highest BCUT2D eigenvalue weighted by Crippen LogP contribution is 2.14. The first-order valence-corrected chi connectivity index (χ1v) is 5.11. The molecule has 0 bridgehead atoms. The van der Waals surface area contributed by atoms with Crippen LogP contribution in [0.15, 0.2) is 18.2 Å². The fourth-order valence-corrected chi connectivity index (χ4v) is 1.16. The molecule has 0 amide bonds. The van der Waals surface area contributed by atoms with E-state index < -0.39 is 5.82 Å². The Balaban J connectivity index is 2.67. The van der Waals surface area contributed by atoms with Gasteiger partial charge in [-0.05, 0) is 24.1 Å². The molecule has 2 nitrogen and oxygen atoms in total. The van der Waals surface area contributed by atoms with Gasteiger partial charge in [-0.1, -0.05) is 20.3 Å². The van der Waals surface area contributed by atoms with Crippen molar-refractivity contribution in [2.24, 2.45) is 5.92 Å². The molecule has 0 unspecified atom stereocenters. The number of halogens is 1. The third-order valence-corrected chi connectivity index (χ3v) is 2.44. The van der Waals surface area contributed by atoms with Crippen LogP contribution in [-0.4, -0.2) is 6.54 Å². The predicted molar refractivity (Wildman–Crippen MR) is 59.1 cm³/mol. The fourth-order valence-electron chi connectivity index (χ4n) is 1.16. The summed E-state index contributed by atoms with van der Waals surface area (Å²) in [6, 6.07) is 6.33. The van der Waals surface area contributed by atoms with Crippen LogP contribution in [0.1, 0.15) is 25.8 Å². The van der Waals surface area contributed by atoms with Gasteiger partial charge in [-0.2, -0.15) is 5.26 Å². The summed E-state index contributed by atoms with van der Waals surface area (Å²) < 4.78 is 13.0. The van der Waals surface area contributed by atoms with Gasteiger partial charge in [0.1, 0.15) is 11.9 Å². The number of nitriles is 1. The monoisotopic (exact) mass is 206 g/mol. The zero-order valence-corrected chi connectivity index (χ0v) is 9.05. The third kappa shape index (κ3) is 3.25. The van der Waals surface area contributed by atoms with Gasteiger partial charge < -0.3 is 5.32 Å². The lowest BCUT2D eigenvalue weighted by atomic mass is 10.1. The minimum Gasteiger partial charge on any atom is -0.385 e. The molecule has 0 saturated heterocycles. The average molecular weight is 206 g/mol. The number of nitrogens with one attached hydrogen (secondary N) is 1. The van der Waals surface area contributed by atoms with Crippen molar-refractivity contribution in [1.29, 1.82) is 5.26 Å². The van der Waals surface area contributed by atoms with Crippen LogP contribution in [0.3, 0.4) is 0 Å². The molecule has 80 valence electrons. The molecule has 1 aromatic carbocycles. The Kier molecular flexibility index (Phi) is 4.11. The van der Waals surface area contributed by atoms with Crippen LogP contribution in [0, 0.1) is 23.1 Å². The van der Waals surface area contributed by atoms with Crippen LogP contribution in [0.2, 0.25) is 0 Å². The van der Waals surface area contributed by atoms with Gasteiger partial charge in [-0.15, -0.1) is 0 Å². The third-order valence-electron chi connectivity index (χ3n) is 2.44. The maximum absolute atomic E-state index is 13.0. The van der Waals surface area contributed by atoms with E-state index in [4.69, 9.17) is 5.26 Å². The second-order valence-corrected chi connectivity index (χ2v) is 3.70. The van der Waals surface area contributed by atoms with Crippen LogP contribution in [0.5, 0.6) is 0 Å². The van der Waals surface area contributed by atoms with Crippen LogP contribution in [0.25, 0.3) is 0 Å². The molecule has 1 atom stereocenters. The fraction of sp³-hybridized carbons (Fsp3) is 0.417. The highest BCUT2D eigenvalue weighted by molar-refractivity contribution is 5.49. The molecule has 1 aromatic rings. The number of anilines is 1. The summed E-state index contributed by atoms with van der Waals surface area (Å²) >= 11 is 0. The summed E-state index contributed by atoms with van der Waals surface area (Å²) in [6.07, 6.45) is 1.10. The summed E-state index contributed by atoms with van der Waals surface area (Å²) in [4.78, 5) is 0. The van der Waals surface area contributed by atoms with Crippen molar-refractivity contribution in [3.8, 4) is 6.07 Å². The van der Waals surface area contributed by atoms with Crippen molar-refractivity contribution in [3.63, 3.8) is 0 Å². The van der Waals surface area contributed by atoms with E-state index >= 15 is 0 Å². The molecule has 1 rings (SSSR count). The van der Waals surface area contributed by atoms with Crippen molar-refractivity contribution in [2.75, 3.05) is 11.9 Å². The number of benzene rings is 1. The Hall–Kier alpha value is -1.56. The summed E-state index contributed by atoms with van der Waals surface area (Å²) in [5, 5.41) is 11.8. The van der Waals surface area contributed by atoms with E-state index in [1.165, 1.54) is 12.1 Å². The SMILES string of the molecule is CC[C@H](C)CNc1ccc(F)c(C#N)c1. The van der Waals surface area contributed by atoms with E-state index in [1.54, 1.807) is 6.07 Å². The smallest absolute Gasteiger partial charge is 0.141 e. The minimum atomic E-state index is -0.466. The highest BCUT2D eigenvalue weighted by Gasteiger charge is 2.03. The first kappa shape index (κ1) is 11.5. The summed E-state index contributed by atoms with van der Waals surface area (Å²) in [5.41, 5.74) is 0.886. The first-order chi connectivity index (χ1) is 7.17.